The van der Waals surface area contributed by atoms with Gasteiger partial charge in [0.2, 0.25) is 0 Å². The van der Waals surface area contributed by atoms with Gasteiger partial charge in [-0.1, -0.05) is 36.4 Å². The number of ether oxygens (including phenoxy) is 1. The minimum absolute atomic E-state index is 0.0285. The van der Waals surface area contributed by atoms with Gasteiger partial charge >= 0.3 is 5.97 Å². The molecule has 29 heavy (non-hydrogen) atoms. The zero-order valence-electron chi connectivity index (χ0n) is 17.2. The van der Waals surface area contributed by atoms with Crippen LogP contribution < -0.4 is 4.89 Å². The number of benzene rings is 2. The Bertz CT molecular complexity index is 838. The van der Waals surface area contributed by atoms with Gasteiger partial charge in [-0.25, -0.2) is 0 Å². The normalized spacial score (nSPS) is 20.9. The number of rotatable bonds is 6. The summed E-state index contributed by atoms with van der Waals surface area (Å²) in [5.74, 6) is 1.10. The van der Waals surface area contributed by atoms with Crippen molar-refractivity contribution >= 4 is 5.97 Å². The highest BCUT2D eigenvalue weighted by Gasteiger charge is 2.25. The molecular formula is C24H29NO4. The van der Waals surface area contributed by atoms with Crippen LogP contribution in [0.25, 0.3) is 0 Å². The Hall–Kier alpha value is -2.37. The van der Waals surface area contributed by atoms with Crippen molar-refractivity contribution in [3.05, 3.63) is 64.7 Å². The van der Waals surface area contributed by atoms with E-state index in [0.717, 1.165) is 43.4 Å². The summed E-state index contributed by atoms with van der Waals surface area (Å²) < 4.78 is 5.75. The zero-order chi connectivity index (χ0) is 20.2. The molecule has 1 fully saturated rings. The van der Waals surface area contributed by atoms with Crippen molar-refractivity contribution in [1.29, 1.82) is 0 Å². The predicted octanol–water partition coefficient (Wildman–Crippen LogP) is 4.38. The second kappa shape index (κ2) is 8.97. The lowest BCUT2D eigenvalue weighted by atomic mass is 9.82. The van der Waals surface area contributed by atoms with Crippen molar-refractivity contribution in [1.82, 2.24) is 4.90 Å². The lowest BCUT2D eigenvalue weighted by molar-refractivity contribution is -0.194. The summed E-state index contributed by atoms with van der Waals surface area (Å²) >= 11 is 0. The molecule has 0 atom stereocenters. The summed E-state index contributed by atoms with van der Waals surface area (Å²) in [6.07, 6.45) is 4.28. The molecule has 154 valence electrons. The van der Waals surface area contributed by atoms with Crippen LogP contribution in [0.15, 0.2) is 42.5 Å². The summed E-state index contributed by atoms with van der Waals surface area (Å²) in [5.41, 5.74) is 4.64. The molecule has 1 heterocycles. The number of carbonyl (C=O) groups is 1. The van der Waals surface area contributed by atoms with Gasteiger partial charge in [0.25, 0.3) is 0 Å². The Balaban J connectivity index is 1.24. The van der Waals surface area contributed by atoms with E-state index in [1.807, 2.05) is 18.2 Å². The van der Waals surface area contributed by atoms with Crippen LogP contribution in [0.2, 0.25) is 0 Å². The van der Waals surface area contributed by atoms with Crippen molar-refractivity contribution in [3.8, 4) is 5.75 Å². The average molecular weight is 395 g/mol. The van der Waals surface area contributed by atoms with Crippen LogP contribution in [0.5, 0.6) is 5.75 Å². The van der Waals surface area contributed by atoms with E-state index in [1.54, 1.807) is 0 Å². The first-order valence-electron chi connectivity index (χ1n) is 10.4. The van der Waals surface area contributed by atoms with Crippen molar-refractivity contribution < 1.29 is 19.3 Å². The Morgan fingerprint density at radius 3 is 2.48 bits per heavy atom. The zero-order valence-corrected chi connectivity index (χ0v) is 17.2. The van der Waals surface area contributed by atoms with Crippen molar-refractivity contribution in [2.75, 3.05) is 14.1 Å². The van der Waals surface area contributed by atoms with E-state index in [4.69, 9.17) is 14.5 Å². The smallest absolute Gasteiger partial charge is 0.310 e. The Labute approximate surface area is 172 Å². The monoisotopic (exact) mass is 395 g/mol. The molecule has 1 saturated carbocycles. The number of fused-ring (bicyclic) bond motifs is 1. The van der Waals surface area contributed by atoms with Crippen LogP contribution in [0, 0.1) is 0 Å². The first-order chi connectivity index (χ1) is 14.1. The van der Waals surface area contributed by atoms with E-state index in [2.05, 4.69) is 43.3 Å². The molecule has 0 saturated heterocycles. The minimum Gasteiger partial charge on any atom is -0.462 e. The van der Waals surface area contributed by atoms with Crippen LogP contribution in [-0.2, 0) is 34.0 Å². The third kappa shape index (κ3) is 5.17. The van der Waals surface area contributed by atoms with Gasteiger partial charge in [0.05, 0.1) is 6.42 Å². The molecule has 0 unspecified atom stereocenters. The van der Waals surface area contributed by atoms with E-state index in [0.29, 0.717) is 18.3 Å². The first-order valence-corrected chi connectivity index (χ1v) is 10.4. The Kier molecular flexibility index (Phi) is 6.16. The van der Waals surface area contributed by atoms with E-state index in [-0.39, 0.29) is 18.5 Å². The van der Waals surface area contributed by atoms with Gasteiger partial charge in [0.15, 0.2) is 5.75 Å². The fourth-order valence-electron chi connectivity index (χ4n) is 4.23. The molecule has 2 aromatic carbocycles. The number of carbonyl (C=O) groups excluding carboxylic acids is 1. The largest absolute Gasteiger partial charge is 0.462 e. The van der Waals surface area contributed by atoms with Crippen LogP contribution in [-0.4, -0.2) is 31.1 Å². The molecule has 0 N–H and O–H groups in total. The van der Waals surface area contributed by atoms with Crippen LogP contribution in [0.3, 0.4) is 0 Å². The molecular weight excluding hydrogens is 366 g/mol. The summed E-state index contributed by atoms with van der Waals surface area (Å²) in [5, 5.41) is 0. The molecule has 1 aliphatic carbocycles. The van der Waals surface area contributed by atoms with Gasteiger partial charge in [-0.3, -0.25) is 4.79 Å². The number of esters is 1. The minimum atomic E-state index is -0.166. The Morgan fingerprint density at radius 1 is 1.03 bits per heavy atom. The van der Waals surface area contributed by atoms with Gasteiger partial charge in [-0.2, -0.15) is 4.89 Å². The van der Waals surface area contributed by atoms with Gasteiger partial charge < -0.3 is 14.5 Å². The van der Waals surface area contributed by atoms with Crippen LogP contribution in [0.4, 0.5) is 0 Å². The van der Waals surface area contributed by atoms with Gasteiger partial charge in [-0.15, -0.1) is 0 Å². The maximum Gasteiger partial charge on any atom is 0.310 e. The summed E-state index contributed by atoms with van der Waals surface area (Å²) in [4.78, 5) is 24.6. The highest BCUT2D eigenvalue weighted by molar-refractivity contribution is 5.73. The molecule has 0 radical (unpaired) electrons. The number of hydrogen-bond acceptors (Lipinski definition) is 5. The van der Waals surface area contributed by atoms with E-state index in [9.17, 15) is 4.79 Å². The molecule has 5 heteroatoms. The van der Waals surface area contributed by atoms with Crippen LogP contribution in [0.1, 0.15) is 53.9 Å². The highest BCUT2D eigenvalue weighted by Crippen LogP contribution is 2.34. The third-order valence-electron chi connectivity index (χ3n) is 5.77. The number of nitrogens with zero attached hydrogens (tertiary/aromatic N) is 1. The molecule has 0 spiro atoms. The van der Waals surface area contributed by atoms with Crippen LogP contribution >= 0.6 is 0 Å². The molecule has 2 aromatic rings. The predicted molar refractivity (Wildman–Crippen MR) is 110 cm³/mol. The molecule has 0 amide bonds. The fourth-order valence-corrected chi connectivity index (χ4v) is 4.23. The number of hydrogen-bond donors (Lipinski definition) is 0. The van der Waals surface area contributed by atoms with Crippen molar-refractivity contribution in [3.63, 3.8) is 0 Å². The maximum atomic E-state index is 12.4. The first kappa shape index (κ1) is 19.9. The maximum absolute atomic E-state index is 12.4. The van der Waals surface area contributed by atoms with Crippen molar-refractivity contribution in [2.45, 2.75) is 57.3 Å². The highest BCUT2D eigenvalue weighted by atomic mass is 17.2. The van der Waals surface area contributed by atoms with Gasteiger partial charge in [0.1, 0.15) is 12.7 Å². The molecule has 5 nitrogen and oxygen atoms in total. The lowest BCUT2D eigenvalue weighted by Crippen LogP contribution is -2.24. The fraction of sp³-hybridized carbons (Fsp3) is 0.458. The SMILES string of the molecule is CN(C)Cc1ccc(C2CCC(OC(=O)Cc3ccc4c(c3)OOC4)CC2)cc1. The second-order valence-corrected chi connectivity index (χ2v) is 8.41. The molecule has 4 rings (SSSR count). The second-order valence-electron chi connectivity index (χ2n) is 8.41. The van der Waals surface area contributed by atoms with E-state index < -0.39 is 0 Å². The summed E-state index contributed by atoms with van der Waals surface area (Å²) in [6.45, 7) is 1.42. The van der Waals surface area contributed by atoms with Gasteiger partial charge in [0, 0.05) is 12.1 Å². The Morgan fingerprint density at radius 2 is 1.76 bits per heavy atom. The molecule has 0 bridgehead atoms. The van der Waals surface area contributed by atoms with E-state index in [1.165, 1.54) is 11.1 Å². The summed E-state index contributed by atoms with van der Waals surface area (Å²) in [7, 11) is 4.17. The molecule has 1 aliphatic heterocycles. The third-order valence-corrected chi connectivity index (χ3v) is 5.77. The summed E-state index contributed by atoms with van der Waals surface area (Å²) in [6, 6.07) is 14.7. The standard InChI is InChI=1S/C24H29NO4/c1-25(2)15-17-3-6-19(7-4-17)20-9-11-22(12-10-20)28-24(26)14-18-5-8-21-16-27-29-23(21)13-18/h3-8,13,20,22H,9-12,14-16H2,1-2H3. The quantitative estimate of drug-likeness (QED) is 0.536. The van der Waals surface area contributed by atoms with E-state index >= 15 is 0 Å². The molecule has 0 aromatic heterocycles. The van der Waals surface area contributed by atoms with Crippen molar-refractivity contribution in [2.24, 2.45) is 0 Å². The topological polar surface area (TPSA) is 48.0 Å². The molecule has 2 aliphatic rings. The lowest BCUT2D eigenvalue weighted by Gasteiger charge is -2.28. The average Bonchev–Trinajstić information content (AvgIpc) is 3.16. The van der Waals surface area contributed by atoms with Gasteiger partial charge in [-0.05, 0) is 68.5 Å².